The van der Waals surface area contributed by atoms with Crippen LogP contribution in [0.5, 0.6) is 0 Å². The molecule has 21 heavy (non-hydrogen) atoms. The smallest absolute Gasteiger partial charge is 0.0234 e. The molecule has 0 N–H and O–H groups in total. The van der Waals surface area contributed by atoms with Crippen molar-refractivity contribution >= 4 is 0 Å². The number of benzene rings is 2. The first-order chi connectivity index (χ1) is 10.2. The highest BCUT2D eigenvalue weighted by molar-refractivity contribution is 5.34. The number of rotatable bonds is 3. The molecule has 1 saturated carbocycles. The van der Waals surface area contributed by atoms with Crippen molar-refractivity contribution in [1.29, 1.82) is 0 Å². The second kappa shape index (κ2) is 4.99. The maximum absolute atomic E-state index is 2.66. The van der Waals surface area contributed by atoms with Crippen LogP contribution < -0.4 is 0 Å². The van der Waals surface area contributed by atoms with E-state index in [1.165, 1.54) is 37.1 Å². The van der Waals surface area contributed by atoms with Crippen LogP contribution in [0.25, 0.3) is 0 Å². The molecule has 2 aromatic rings. The third-order valence-corrected chi connectivity index (χ3v) is 5.28. The topological polar surface area (TPSA) is 3.24 Å². The molecule has 0 atom stereocenters. The Hall–Kier alpha value is -1.60. The van der Waals surface area contributed by atoms with Crippen molar-refractivity contribution in [2.45, 2.75) is 31.7 Å². The van der Waals surface area contributed by atoms with Gasteiger partial charge in [-0.1, -0.05) is 60.2 Å². The lowest BCUT2D eigenvalue weighted by atomic mass is 9.55. The Bertz CT molecular complexity index is 625. The van der Waals surface area contributed by atoms with Crippen LogP contribution in [-0.2, 0) is 12.0 Å². The molecule has 2 heterocycles. The summed E-state index contributed by atoms with van der Waals surface area (Å²) in [4.78, 5) is 2.66. The van der Waals surface area contributed by atoms with Gasteiger partial charge in [0.25, 0.3) is 0 Å². The first-order valence-electron chi connectivity index (χ1n) is 8.07. The minimum absolute atomic E-state index is 0.434. The van der Waals surface area contributed by atoms with Gasteiger partial charge in [0.05, 0.1) is 0 Å². The zero-order valence-corrected chi connectivity index (χ0v) is 12.8. The van der Waals surface area contributed by atoms with Crippen LogP contribution in [-0.4, -0.2) is 18.0 Å². The summed E-state index contributed by atoms with van der Waals surface area (Å²) >= 11 is 0. The van der Waals surface area contributed by atoms with Crippen molar-refractivity contribution in [2.75, 3.05) is 13.1 Å². The monoisotopic (exact) mass is 277 g/mol. The Morgan fingerprint density at radius 3 is 2.62 bits per heavy atom. The highest BCUT2D eigenvalue weighted by Gasteiger charge is 2.50. The van der Waals surface area contributed by atoms with Gasteiger partial charge in [-0.25, -0.2) is 0 Å². The standard InChI is InChI=1S/C20H23N/c1-16-6-5-9-19(10-16)20-11-18(12-20)14-21(15-20)13-17-7-3-2-4-8-17/h2-10,18H,11-15H2,1H3. The van der Waals surface area contributed by atoms with Crippen molar-refractivity contribution in [1.82, 2.24) is 4.90 Å². The molecular weight excluding hydrogens is 254 g/mol. The van der Waals surface area contributed by atoms with Gasteiger partial charge in [0, 0.05) is 25.0 Å². The summed E-state index contributed by atoms with van der Waals surface area (Å²) in [6.45, 7) is 5.82. The van der Waals surface area contributed by atoms with E-state index in [4.69, 9.17) is 0 Å². The van der Waals surface area contributed by atoms with Crippen molar-refractivity contribution in [3.8, 4) is 0 Å². The highest BCUT2D eigenvalue weighted by atomic mass is 15.2. The fraction of sp³-hybridized carbons (Fsp3) is 0.400. The molecule has 108 valence electrons. The SMILES string of the molecule is Cc1cccc(C23CC(CN(Cc4ccccc4)C2)C3)c1. The Balaban J connectivity index is 1.54. The molecule has 1 nitrogen and oxygen atoms in total. The van der Waals surface area contributed by atoms with Crippen LogP contribution in [0.3, 0.4) is 0 Å². The first-order valence-corrected chi connectivity index (χ1v) is 8.07. The van der Waals surface area contributed by atoms with Crippen LogP contribution in [0.15, 0.2) is 54.6 Å². The van der Waals surface area contributed by atoms with E-state index in [2.05, 4.69) is 66.4 Å². The molecule has 1 heteroatoms. The van der Waals surface area contributed by atoms with Crippen LogP contribution in [0, 0.1) is 12.8 Å². The summed E-state index contributed by atoms with van der Waals surface area (Å²) in [5.74, 6) is 0.906. The molecule has 2 aliphatic heterocycles. The van der Waals surface area contributed by atoms with Crippen molar-refractivity contribution < 1.29 is 0 Å². The van der Waals surface area contributed by atoms with Gasteiger partial charge < -0.3 is 0 Å². The molecule has 0 unspecified atom stereocenters. The third kappa shape index (κ3) is 2.40. The molecule has 0 aromatic heterocycles. The molecule has 0 spiro atoms. The van der Waals surface area contributed by atoms with Crippen molar-refractivity contribution in [3.63, 3.8) is 0 Å². The molecule has 0 amide bonds. The molecule has 3 fully saturated rings. The van der Waals surface area contributed by atoms with Gasteiger partial charge in [-0.15, -0.1) is 0 Å². The minimum atomic E-state index is 0.434. The molecule has 2 aromatic carbocycles. The average molecular weight is 277 g/mol. The lowest BCUT2D eigenvalue weighted by molar-refractivity contribution is -0.00804. The highest BCUT2D eigenvalue weighted by Crippen LogP contribution is 2.52. The van der Waals surface area contributed by atoms with E-state index in [-0.39, 0.29) is 0 Å². The molecule has 2 saturated heterocycles. The predicted molar refractivity (Wildman–Crippen MR) is 87.3 cm³/mol. The van der Waals surface area contributed by atoms with E-state index in [1.54, 1.807) is 5.56 Å². The van der Waals surface area contributed by atoms with Crippen molar-refractivity contribution in [3.05, 3.63) is 71.3 Å². The second-order valence-electron chi connectivity index (χ2n) is 7.08. The molecular formula is C20H23N. The summed E-state index contributed by atoms with van der Waals surface area (Å²) < 4.78 is 0. The Morgan fingerprint density at radius 2 is 1.86 bits per heavy atom. The summed E-state index contributed by atoms with van der Waals surface area (Å²) in [7, 11) is 0. The van der Waals surface area contributed by atoms with E-state index in [1.807, 2.05) is 0 Å². The number of nitrogens with zero attached hydrogens (tertiary/aromatic N) is 1. The minimum Gasteiger partial charge on any atom is -0.298 e. The van der Waals surface area contributed by atoms with E-state index in [0.717, 1.165) is 12.5 Å². The number of piperidine rings is 2. The van der Waals surface area contributed by atoms with Crippen molar-refractivity contribution in [2.24, 2.45) is 5.92 Å². The summed E-state index contributed by atoms with van der Waals surface area (Å²) in [5.41, 5.74) is 4.84. The molecule has 1 aliphatic carbocycles. The number of fused-ring (bicyclic) bond motifs is 2. The second-order valence-corrected chi connectivity index (χ2v) is 7.08. The third-order valence-electron chi connectivity index (χ3n) is 5.28. The normalized spacial score (nSPS) is 28.1. The molecule has 5 rings (SSSR count). The summed E-state index contributed by atoms with van der Waals surface area (Å²) in [6.07, 6.45) is 2.78. The zero-order valence-electron chi connectivity index (χ0n) is 12.8. The maximum atomic E-state index is 2.66. The van der Waals surface area contributed by atoms with Gasteiger partial charge >= 0.3 is 0 Å². The lowest BCUT2D eigenvalue weighted by Crippen LogP contribution is -2.58. The van der Waals surface area contributed by atoms with E-state index in [9.17, 15) is 0 Å². The van der Waals surface area contributed by atoms with Gasteiger partial charge in [0.1, 0.15) is 0 Å². The number of hydrogen-bond donors (Lipinski definition) is 0. The van der Waals surface area contributed by atoms with Gasteiger partial charge in [0.2, 0.25) is 0 Å². The maximum Gasteiger partial charge on any atom is 0.0234 e. The average Bonchev–Trinajstić information content (AvgIpc) is 2.47. The Morgan fingerprint density at radius 1 is 1.05 bits per heavy atom. The largest absolute Gasteiger partial charge is 0.298 e. The molecule has 2 bridgehead atoms. The summed E-state index contributed by atoms with van der Waals surface area (Å²) in [5, 5.41) is 0. The number of aryl methyl sites for hydroxylation is 1. The van der Waals surface area contributed by atoms with Gasteiger partial charge in [-0.2, -0.15) is 0 Å². The predicted octanol–water partition coefficient (Wildman–Crippen LogP) is 4.16. The lowest BCUT2D eigenvalue weighted by Gasteiger charge is -2.57. The van der Waals surface area contributed by atoms with E-state index >= 15 is 0 Å². The van der Waals surface area contributed by atoms with Gasteiger partial charge in [0.15, 0.2) is 0 Å². The fourth-order valence-electron chi connectivity index (χ4n) is 4.43. The van der Waals surface area contributed by atoms with Gasteiger partial charge in [-0.3, -0.25) is 4.90 Å². The molecule has 0 radical (unpaired) electrons. The Labute approximate surface area is 127 Å². The Kier molecular flexibility index (Phi) is 3.11. The quantitative estimate of drug-likeness (QED) is 0.814. The zero-order chi connectivity index (χ0) is 14.3. The number of hydrogen-bond acceptors (Lipinski definition) is 1. The fourth-order valence-corrected chi connectivity index (χ4v) is 4.43. The van der Waals surface area contributed by atoms with E-state index in [0.29, 0.717) is 5.41 Å². The molecule has 3 aliphatic rings. The van der Waals surface area contributed by atoms with Crippen LogP contribution in [0.2, 0.25) is 0 Å². The summed E-state index contributed by atoms with van der Waals surface area (Å²) in [6, 6.07) is 20.1. The van der Waals surface area contributed by atoms with Crippen LogP contribution in [0.4, 0.5) is 0 Å². The first kappa shape index (κ1) is 13.1. The van der Waals surface area contributed by atoms with Crippen LogP contribution in [0.1, 0.15) is 29.5 Å². The van der Waals surface area contributed by atoms with Crippen LogP contribution >= 0.6 is 0 Å². The van der Waals surface area contributed by atoms with E-state index < -0.39 is 0 Å². The van der Waals surface area contributed by atoms with Gasteiger partial charge in [-0.05, 0) is 36.8 Å².